The van der Waals surface area contributed by atoms with Crippen LogP contribution in [0.2, 0.25) is 0 Å². The van der Waals surface area contributed by atoms with Gasteiger partial charge in [-0.25, -0.2) is 0 Å². The van der Waals surface area contributed by atoms with Crippen molar-refractivity contribution < 1.29 is 0 Å². The van der Waals surface area contributed by atoms with Gasteiger partial charge in [-0.15, -0.1) is 0 Å². The van der Waals surface area contributed by atoms with Gasteiger partial charge in [0.15, 0.2) is 0 Å². The van der Waals surface area contributed by atoms with Gasteiger partial charge in [-0.2, -0.15) is 10.2 Å². The first-order chi connectivity index (χ1) is 5.29. The zero-order chi connectivity index (χ0) is 8.27. The van der Waals surface area contributed by atoms with Crippen LogP contribution in [0.3, 0.4) is 0 Å². The first-order valence-electron chi connectivity index (χ1n) is 3.36. The highest BCUT2D eigenvalue weighted by molar-refractivity contribution is 5.63. The molecule has 1 heterocycles. The van der Waals surface area contributed by atoms with E-state index in [1.807, 2.05) is 6.92 Å². The molecule has 0 amide bonds. The number of rotatable bonds is 2. The Morgan fingerprint density at radius 2 is 2.09 bits per heavy atom. The molecule has 0 radical (unpaired) electrons. The molecule has 0 fully saturated rings. The van der Waals surface area contributed by atoms with E-state index in [9.17, 15) is 0 Å². The molecule has 1 rings (SSSR count). The lowest BCUT2D eigenvalue weighted by molar-refractivity contribution is 0.972. The second-order valence-electron chi connectivity index (χ2n) is 2.21. The summed E-state index contributed by atoms with van der Waals surface area (Å²) in [6.07, 6.45) is 5.19. The maximum Gasteiger partial charge on any atom is 0.0678 e. The summed E-state index contributed by atoms with van der Waals surface area (Å²) in [5.41, 5.74) is 2.87. The maximum absolute atomic E-state index is 3.89. The second kappa shape index (κ2) is 3.10. The summed E-state index contributed by atoms with van der Waals surface area (Å²) in [4.78, 5) is 0. The molecule has 0 saturated carbocycles. The number of aryl methyl sites for hydroxylation is 1. The van der Waals surface area contributed by atoms with Crippen LogP contribution in [0.5, 0.6) is 0 Å². The number of aromatic nitrogens is 2. The molecule has 0 aliphatic heterocycles. The van der Waals surface area contributed by atoms with Gasteiger partial charge >= 0.3 is 0 Å². The van der Waals surface area contributed by atoms with Gasteiger partial charge in [-0.1, -0.05) is 25.3 Å². The van der Waals surface area contributed by atoms with Crippen LogP contribution in [-0.4, -0.2) is 10.2 Å². The Bertz CT molecular complexity index is 290. The van der Waals surface area contributed by atoms with E-state index in [0.717, 1.165) is 16.8 Å². The van der Waals surface area contributed by atoms with Crippen molar-refractivity contribution in [1.29, 1.82) is 0 Å². The van der Waals surface area contributed by atoms with E-state index in [1.165, 1.54) is 0 Å². The predicted molar refractivity (Wildman–Crippen MR) is 47.0 cm³/mol. The van der Waals surface area contributed by atoms with Crippen LogP contribution in [0, 0.1) is 6.92 Å². The van der Waals surface area contributed by atoms with Crippen LogP contribution >= 0.6 is 0 Å². The van der Waals surface area contributed by atoms with Gasteiger partial charge in [0.1, 0.15) is 0 Å². The standard InChI is InChI=1S/C9H10N2/c1-4-8-6-10-11-7(3)9(8)5-2/h4-6H,1-2H2,3H3. The average Bonchev–Trinajstić information content (AvgIpc) is 2.04. The van der Waals surface area contributed by atoms with Gasteiger partial charge in [-0.3, -0.25) is 0 Å². The minimum Gasteiger partial charge on any atom is -0.158 e. The molecule has 0 aliphatic carbocycles. The fourth-order valence-electron chi connectivity index (χ4n) is 0.938. The molecule has 1 aromatic rings. The molecule has 2 heteroatoms. The van der Waals surface area contributed by atoms with Gasteiger partial charge in [0.05, 0.1) is 11.9 Å². The lowest BCUT2D eigenvalue weighted by Gasteiger charge is -2.00. The Hall–Kier alpha value is -1.44. The Morgan fingerprint density at radius 1 is 1.36 bits per heavy atom. The van der Waals surface area contributed by atoms with Gasteiger partial charge in [-0.05, 0) is 6.92 Å². The summed E-state index contributed by atoms with van der Waals surface area (Å²) >= 11 is 0. The normalized spacial score (nSPS) is 9.18. The monoisotopic (exact) mass is 146 g/mol. The summed E-state index contributed by atoms with van der Waals surface area (Å²) in [5, 5.41) is 7.68. The molecule has 0 spiro atoms. The molecule has 0 bridgehead atoms. The molecular formula is C9H10N2. The van der Waals surface area contributed by atoms with Crippen molar-refractivity contribution in [3.05, 3.63) is 36.2 Å². The van der Waals surface area contributed by atoms with E-state index >= 15 is 0 Å². The van der Waals surface area contributed by atoms with E-state index in [4.69, 9.17) is 0 Å². The van der Waals surface area contributed by atoms with E-state index in [-0.39, 0.29) is 0 Å². The summed E-state index contributed by atoms with van der Waals surface area (Å²) in [6, 6.07) is 0. The number of nitrogens with zero attached hydrogens (tertiary/aromatic N) is 2. The minimum absolute atomic E-state index is 0.886. The van der Waals surface area contributed by atoms with E-state index in [2.05, 4.69) is 23.4 Å². The van der Waals surface area contributed by atoms with Crippen molar-refractivity contribution >= 4 is 12.2 Å². The number of hydrogen-bond acceptors (Lipinski definition) is 2. The molecule has 0 unspecified atom stereocenters. The number of hydrogen-bond donors (Lipinski definition) is 0. The van der Waals surface area contributed by atoms with Crippen LogP contribution in [-0.2, 0) is 0 Å². The lowest BCUT2D eigenvalue weighted by Crippen LogP contribution is -1.92. The highest BCUT2D eigenvalue weighted by Crippen LogP contribution is 2.12. The summed E-state index contributed by atoms with van der Waals surface area (Å²) in [7, 11) is 0. The Balaban J connectivity index is 3.35. The predicted octanol–water partition coefficient (Wildman–Crippen LogP) is 2.07. The lowest BCUT2D eigenvalue weighted by atomic mass is 10.1. The molecular weight excluding hydrogens is 136 g/mol. The third-order valence-electron chi connectivity index (χ3n) is 1.53. The van der Waals surface area contributed by atoms with E-state index in [1.54, 1.807) is 18.3 Å². The van der Waals surface area contributed by atoms with Crippen LogP contribution in [0.4, 0.5) is 0 Å². The van der Waals surface area contributed by atoms with Crippen molar-refractivity contribution in [2.45, 2.75) is 6.92 Å². The van der Waals surface area contributed by atoms with Crippen molar-refractivity contribution in [3.63, 3.8) is 0 Å². The third kappa shape index (κ3) is 1.34. The third-order valence-corrected chi connectivity index (χ3v) is 1.53. The topological polar surface area (TPSA) is 25.8 Å². The van der Waals surface area contributed by atoms with E-state index < -0.39 is 0 Å². The Labute approximate surface area is 66.3 Å². The van der Waals surface area contributed by atoms with E-state index in [0.29, 0.717) is 0 Å². The molecule has 56 valence electrons. The molecule has 0 aliphatic rings. The zero-order valence-corrected chi connectivity index (χ0v) is 6.54. The average molecular weight is 146 g/mol. The Kier molecular flexibility index (Phi) is 2.16. The largest absolute Gasteiger partial charge is 0.158 e. The van der Waals surface area contributed by atoms with Crippen molar-refractivity contribution in [2.75, 3.05) is 0 Å². The van der Waals surface area contributed by atoms with Crippen LogP contribution in [0.1, 0.15) is 16.8 Å². The van der Waals surface area contributed by atoms with Crippen molar-refractivity contribution in [2.24, 2.45) is 0 Å². The summed E-state index contributed by atoms with van der Waals surface area (Å²) in [5.74, 6) is 0. The van der Waals surface area contributed by atoms with Gasteiger partial charge in [0.25, 0.3) is 0 Å². The van der Waals surface area contributed by atoms with Crippen LogP contribution in [0.25, 0.3) is 12.2 Å². The molecule has 0 saturated heterocycles. The van der Waals surface area contributed by atoms with Crippen molar-refractivity contribution in [3.8, 4) is 0 Å². The molecule has 1 aromatic heterocycles. The molecule has 0 aromatic carbocycles. The SMILES string of the molecule is C=Cc1cnnc(C)c1C=C. The second-order valence-corrected chi connectivity index (χ2v) is 2.21. The minimum atomic E-state index is 0.886. The quantitative estimate of drug-likeness (QED) is 0.638. The van der Waals surface area contributed by atoms with Crippen LogP contribution < -0.4 is 0 Å². The van der Waals surface area contributed by atoms with Gasteiger partial charge in [0.2, 0.25) is 0 Å². The zero-order valence-electron chi connectivity index (χ0n) is 6.54. The van der Waals surface area contributed by atoms with Crippen molar-refractivity contribution in [1.82, 2.24) is 10.2 Å². The fraction of sp³-hybridized carbons (Fsp3) is 0.111. The maximum atomic E-state index is 3.89. The molecule has 11 heavy (non-hydrogen) atoms. The highest BCUT2D eigenvalue weighted by Gasteiger charge is 1.99. The smallest absolute Gasteiger partial charge is 0.0678 e. The van der Waals surface area contributed by atoms with Gasteiger partial charge in [0, 0.05) is 11.1 Å². The molecule has 0 atom stereocenters. The first kappa shape index (κ1) is 7.66. The molecule has 2 nitrogen and oxygen atoms in total. The van der Waals surface area contributed by atoms with Gasteiger partial charge < -0.3 is 0 Å². The summed E-state index contributed by atoms with van der Waals surface area (Å²) < 4.78 is 0. The fourth-order valence-corrected chi connectivity index (χ4v) is 0.938. The van der Waals surface area contributed by atoms with Crippen LogP contribution in [0.15, 0.2) is 19.4 Å². The Morgan fingerprint density at radius 3 is 2.55 bits per heavy atom. The highest BCUT2D eigenvalue weighted by atomic mass is 15.1. The first-order valence-corrected chi connectivity index (χ1v) is 3.36. The summed E-state index contributed by atoms with van der Waals surface area (Å²) in [6.45, 7) is 9.25. The molecule has 0 N–H and O–H groups in total.